The van der Waals surface area contributed by atoms with Gasteiger partial charge in [0, 0.05) is 0 Å². The van der Waals surface area contributed by atoms with Crippen LogP contribution in [0.3, 0.4) is 0 Å². The van der Waals surface area contributed by atoms with Gasteiger partial charge in [0.05, 0.1) is 0 Å². The molecule has 0 amide bonds. The summed E-state index contributed by atoms with van der Waals surface area (Å²) in [5.41, 5.74) is 0. The molecule has 0 radical (unpaired) electrons. The Labute approximate surface area is 98.0 Å². The van der Waals surface area contributed by atoms with Crippen LogP contribution in [0.5, 0.6) is 0 Å². The number of hydrogen-bond acceptors (Lipinski definition) is 2. The zero-order valence-corrected chi connectivity index (χ0v) is 10.2. The van der Waals surface area contributed by atoms with Crippen molar-refractivity contribution in [1.82, 2.24) is 5.32 Å². The van der Waals surface area contributed by atoms with Crippen molar-refractivity contribution in [2.24, 2.45) is 5.92 Å². The number of aliphatic carboxylic acids is 1. The van der Waals surface area contributed by atoms with Crippen molar-refractivity contribution in [1.29, 1.82) is 0 Å². The first kappa shape index (κ1) is 14.7. The van der Waals surface area contributed by atoms with Gasteiger partial charge in [-0.05, 0) is 25.8 Å². The first-order valence-corrected chi connectivity index (χ1v) is 5.66. The predicted octanol–water partition coefficient (Wildman–Crippen LogP) is 2.44. The van der Waals surface area contributed by atoms with Crippen molar-refractivity contribution < 1.29 is 9.90 Å². The lowest BCUT2D eigenvalue weighted by Crippen LogP contribution is -2.35. The minimum absolute atomic E-state index is 0. The molecule has 2 N–H and O–H groups in total. The van der Waals surface area contributed by atoms with E-state index in [9.17, 15) is 4.79 Å². The van der Waals surface area contributed by atoms with Crippen LogP contribution in [0, 0.1) is 5.92 Å². The molecule has 1 fully saturated rings. The van der Waals surface area contributed by atoms with Crippen LogP contribution in [-0.2, 0) is 4.79 Å². The van der Waals surface area contributed by atoms with Gasteiger partial charge in [0.25, 0.3) is 0 Å². The Morgan fingerprint density at radius 3 is 2.53 bits per heavy atom. The summed E-state index contributed by atoms with van der Waals surface area (Å²) < 4.78 is 0. The smallest absolute Gasteiger partial charge is 0.320 e. The average Bonchev–Trinajstić information content (AvgIpc) is 2.19. The Morgan fingerprint density at radius 1 is 1.40 bits per heavy atom. The van der Waals surface area contributed by atoms with E-state index in [1.807, 2.05) is 0 Å². The Hall–Kier alpha value is -0.280. The molecule has 0 bridgehead atoms. The normalized spacial score (nSPS) is 19.3. The van der Waals surface area contributed by atoms with Crippen molar-refractivity contribution in [3.05, 3.63) is 0 Å². The van der Waals surface area contributed by atoms with Crippen LogP contribution < -0.4 is 5.32 Å². The molecule has 1 saturated carbocycles. The van der Waals surface area contributed by atoms with E-state index < -0.39 is 12.0 Å². The average molecular weight is 236 g/mol. The minimum atomic E-state index is -0.756. The topological polar surface area (TPSA) is 49.3 Å². The molecule has 1 unspecified atom stereocenters. The Balaban J connectivity index is 0.00000196. The lowest BCUT2D eigenvalue weighted by Gasteiger charge is -2.21. The highest BCUT2D eigenvalue weighted by Crippen LogP contribution is 2.25. The van der Waals surface area contributed by atoms with Gasteiger partial charge >= 0.3 is 5.97 Å². The number of halogens is 1. The molecular formula is C11H22ClNO2. The second-order valence-electron chi connectivity index (χ2n) is 4.31. The Kier molecular flexibility index (Phi) is 7.79. The second-order valence-corrected chi connectivity index (χ2v) is 4.31. The fourth-order valence-electron chi connectivity index (χ4n) is 2.07. The molecule has 90 valence electrons. The largest absolute Gasteiger partial charge is 0.480 e. The molecule has 4 heteroatoms. The fourth-order valence-corrected chi connectivity index (χ4v) is 2.07. The van der Waals surface area contributed by atoms with Gasteiger partial charge < -0.3 is 10.4 Å². The summed E-state index contributed by atoms with van der Waals surface area (Å²) in [6, 6.07) is -0.404. The number of rotatable bonds is 5. The summed E-state index contributed by atoms with van der Waals surface area (Å²) in [6.45, 7) is 2.54. The quantitative estimate of drug-likeness (QED) is 0.770. The molecule has 0 heterocycles. The van der Waals surface area contributed by atoms with Crippen molar-refractivity contribution >= 4 is 18.4 Å². The maximum Gasteiger partial charge on any atom is 0.320 e. The van der Waals surface area contributed by atoms with E-state index in [1.165, 1.54) is 32.1 Å². The summed E-state index contributed by atoms with van der Waals surface area (Å²) in [4.78, 5) is 10.5. The molecular weight excluding hydrogens is 214 g/mol. The van der Waals surface area contributed by atoms with E-state index in [0.717, 1.165) is 18.9 Å². The molecule has 0 aromatic carbocycles. The molecule has 1 atom stereocenters. The van der Waals surface area contributed by atoms with Gasteiger partial charge in [-0.1, -0.05) is 32.1 Å². The summed E-state index contributed by atoms with van der Waals surface area (Å²) in [5, 5.41) is 11.7. The van der Waals surface area contributed by atoms with Crippen molar-refractivity contribution in [3.8, 4) is 0 Å². The summed E-state index contributed by atoms with van der Waals surface area (Å²) in [7, 11) is 0. The van der Waals surface area contributed by atoms with Crippen LogP contribution in [0.4, 0.5) is 0 Å². The third-order valence-electron chi connectivity index (χ3n) is 3.10. The molecule has 0 aliphatic heterocycles. The highest BCUT2D eigenvalue weighted by atomic mass is 35.5. The first-order chi connectivity index (χ1) is 6.70. The van der Waals surface area contributed by atoms with E-state index in [0.29, 0.717) is 0 Å². The van der Waals surface area contributed by atoms with E-state index in [4.69, 9.17) is 5.11 Å². The zero-order valence-electron chi connectivity index (χ0n) is 9.37. The molecule has 0 aromatic rings. The maximum atomic E-state index is 10.5. The second kappa shape index (κ2) is 7.94. The van der Waals surface area contributed by atoms with Crippen LogP contribution in [-0.4, -0.2) is 23.7 Å². The third-order valence-corrected chi connectivity index (χ3v) is 3.10. The number of hydrogen-bond donors (Lipinski definition) is 2. The summed E-state index contributed by atoms with van der Waals surface area (Å²) in [5.74, 6) is 0.0749. The van der Waals surface area contributed by atoms with E-state index in [1.54, 1.807) is 6.92 Å². The minimum Gasteiger partial charge on any atom is -0.480 e. The highest BCUT2D eigenvalue weighted by Gasteiger charge is 2.14. The molecule has 1 rings (SSSR count). The molecule has 15 heavy (non-hydrogen) atoms. The Morgan fingerprint density at radius 2 is 2.00 bits per heavy atom. The fraction of sp³-hybridized carbons (Fsp3) is 0.909. The molecule has 3 nitrogen and oxygen atoms in total. The number of carbonyl (C=O) groups is 1. The van der Waals surface area contributed by atoms with E-state index in [-0.39, 0.29) is 12.4 Å². The summed E-state index contributed by atoms with van der Waals surface area (Å²) in [6.07, 6.45) is 7.91. The molecule has 1 aliphatic rings. The number of nitrogens with one attached hydrogen (secondary N) is 1. The van der Waals surface area contributed by atoms with Crippen molar-refractivity contribution in [2.75, 3.05) is 6.54 Å². The van der Waals surface area contributed by atoms with Gasteiger partial charge in [0.2, 0.25) is 0 Å². The maximum absolute atomic E-state index is 10.5. The summed E-state index contributed by atoms with van der Waals surface area (Å²) >= 11 is 0. The SMILES string of the molecule is CC(NCCC1CCCCC1)C(=O)O.Cl. The highest BCUT2D eigenvalue weighted by molar-refractivity contribution is 5.85. The lowest BCUT2D eigenvalue weighted by atomic mass is 9.87. The number of carboxylic acid groups (broad SMARTS) is 1. The van der Waals surface area contributed by atoms with Gasteiger partial charge in [-0.25, -0.2) is 0 Å². The van der Waals surface area contributed by atoms with Crippen LogP contribution in [0.1, 0.15) is 45.4 Å². The Bertz CT molecular complexity index is 181. The molecule has 0 aromatic heterocycles. The van der Waals surface area contributed by atoms with Crippen LogP contribution in [0.25, 0.3) is 0 Å². The molecule has 0 saturated heterocycles. The van der Waals surface area contributed by atoms with Crippen molar-refractivity contribution in [3.63, 3.8) is 0 Å². The van der Waals surface area contributed by atoms with Gasteiger partial charge in [0.15, 0.2) is 0 Å². The first-order valence-electron chi connectivity index (χ1n) is 5.66. The van der Waals surface area contributed by atoms with Crippen LogP contribution in [0.15, 0.2) is 0 Å². The van der Waals surface area contributed by atoms with Gasteiger partial charge in [-0.3, -0.25) is 4.79 Å². The monoisotopic (exact) mass is 235 g/mol. The molecule has 0 spiro atoms. The number of carboxylic acids is 1. The van der Waals surface area contributed by atoms with Crippen molar-refractivity contribution in [2.45, 2.75) is 51.5 Å². The van der Waals surface area contributed by atoms with Gasteiger partial charge in [-0.15, -0.1) is 12.4 Å². The van der Waals surface area contributed by atoms with Crippen LogP contribution >= 0.6 is 12.4 Å². The van der Waals surface area contributed by atoms with Gasteiger partial charge in [-0.2, -0.15) is 0 Å². The zero-order chi connectivity index (χ0) is 10.4. The third kappa shape index (κ3) is 6.00. The lowest BCUT2D eigenvalue weighted by molar-refractivity contribution is -0.139. The molecule has 1 aliphatic carbocycles. The van der Waals surface area contributed by atoms with E-state index in [2.05, 4.69) is 5.32 Å². The van der Waals surface area contributed by atoms with Gasteiger partial charge in [0.1, 0.15) is 6.04 Å². The van der Waals surface area contributed by atoms with E-state index >= 15 is 0 Å². The predicted molar refractivity (Wildman–Crippen MR) is 63.5 cm³/mol. The standard InChI is InChI=1S/C11H21NO2.ClH/c1-9(11(13)14)12-8-7-10-5-3-2-4-6-10;/h9-10,12H,2-8H2,1H3,(H,13,14);1H. The van der Waals surface area contributed by atoms with Crippen LogP contribution in [0.2, 0.25) is 0 Å².